The molecule has 0 aliphatic heterocycles. The van der Waals surface area contributed by atoms with Crippen LogP contribution in [0.2, 0.25) is 5.02 Å². The molecule has 2 amide bonds. The summed E-state index contributed by atoms with van der Waals surface area (Å²) in [6.07, 6.45) is 0.997. The van der Waals surface area contributed by atoms with Crippen molar-refractivity contribution in [1.82, 2.24) is 14.5 Å². The van der Waals surface area contributed by atoms with E-state index in [1.54, 1.807) is 31.2 Å². The second kappa shape index (κ2) is 13.0. The SMILES string of the molecule is CC[C@H](C(=O)N[C@@H](C)CC)N(Cc1ccc(Cl)cc1)C(=O)CN(c1ccccc1F)S(=O)(=O)N(C)C. The lowest BCUT2D eigenvalue weighted by Crippen LogP contribution is -2.54. The van der Waals surface area contributed by atoms with Gasteiger partial charge >= 0.3 is 10.2 Å². The van der Waals surface area contributed by atoms with Gasteiger partial charge in [0.25, 0.3) is 0 Å². The molecule has 2 aromatic carbocycles. The van der Waals surface area contributed by atoms with Crippen molar-refractivity contribution in [3.8, 4) is 0 Å². The maximum absolute atomic E-state index is 14.7. The van der Waals surface area contributed by atoms with Crippen molar-refractivity contribution >= 4 is 39.3 Å². The van der Waals surface area contributed by atoms with Crippen LogP contribution in [0.3, 0.4) is 0 Å². The number of carbonyl (C=O) groups excluding carboxylic acids is 2. The van der Waals surface area contributed by atoms with Crippen LogP contribution in [0.15, 0.2) is 48.5 Å². The minimum absolute atomic E-state index is 0.0373. The Morgan fingerprint density at radius 2 is 1.64 bits per heavy atom. The number of hydrogen-bond donors (Lipinski definition) is 1. The Balaban J connectivity index is 2.51. The van der Waals surface area contributed by atoms with E-state index in [1.807, 2.05) is 13.8 Å². The van der Waals surface area contributed by atoms with E-state index in [0.29, 0.717) is 23.4 Å². The van der Waals surface area contributed by atoms with E-state index in [-0.39, 0.29) is 24.2 Å². The van der Waals surface area contributed by atoms with Gasteiger partial charge in [-0.1, -0.05) is 49.7 Å². The van der Waals surface area contributed by atoms with Crippen LogP contribution in [-0.2, 0) is 26.3 Å². The molecule has 0 radical (unpaired) electrons. The Bertz CT molecular complexity index is 1150. The minimum Gasteiger partial charge on any atom is -0.352 e. The predicted octanol–water partition coefficient (Wildman–Crippen LogP) is 3.81. The highest BCUT2D eigenvalue weighted by Gasteiger charge is 2.34. The Labute approximate surface area is 218 Å². The Morgan fingerprint density at radius 1 is 1.03 bits per heavy atom. The van der Waals surface area contributed by atoms with E-state index in [2.05, 4.69) is 5.32 Å². The molecule has 0 bridgehead atoms. The number of rotatable bonds is 12. The van der Waals surface area contributed by atoms with Crippen LogP contribution >= 0.6 is 11.6 Å². The number of carbonyl (C=O) groups is 2. The average molecular weight is 541 g/mol. The summed E-state index contributed by atoms with van der Waals surface area (Å²) in [6.45, 7) is 4.91. The number of anilines is 1. The predicted molar refractivity (Wildman–Crippen MR) is 140 cm³/mol. The molecule has 0 aliphatic carbocycles. The summed E-state index contributed by atoms with van der Waals surface area (Å²) in [4.78, 5) is 28.2. The molecule has 1 N–H and O–H groups in total. The number of nitrogens with one attached hydrogen (secondary N) is 1. The molecule has 36 heavy (non-hydrogen) atoms. The molecule has 0 aliphatic rings. The molecule has 11 heteroatoms. The molecule has 2 aromatic rings. The molecule has 8 nitrogen and oxygen atoms in total. The van der Waals surface area contributed by atoms with Crippen LogP contribution < -0.4 is 9.62 Å². The van der Waals surface area contributed by atoms with Gasteiger partial charge in [0, 0.05) is 31.7 Å². The van der Waals surface area contributed by atoms with E-state index in [4.69, 9.17) is 11.6 Å². The maximum atomic E-state index is 14.7. The Hall–Kier alpha value is -2.69. The molecule has 0 saturated carbocycles. The zero-order valence-corrected chi connectivity index (χ0v) is 22.8. The fourth-order valence-corrected chi connectivity index (χ4v) is 4.69. The second-order valence-corrected chi connectivity index (χ2v) is 11.1. The van der Waals surface area contributed by atoms with Crippen LogP contribution in [-0.4, -0.2) is 62.2 Å². The summed E-state index contributed by atoms with van der Waals surface area (Å²) in [6, 6.07) is 11.2. The third kappa shape index (κ3) is 7.41. The van der Waals surface area contributed by atoms with E-state index in [0.717, 1.165) is 14.7 Å². The highest BCUT2D eigenvalue weighted by Crippen LogP contribution is 2.24. The monoisotopic (exact) mass is 540 g/mol. The first kappa shape index (κ1) is 29.5. The summed E-state index contributed by atoms with van der Waals surface area (Å²) in [7, 11) is -1.64. The molecule has 0 aromatic heterocycles. The normalized spacial score (nSPS) is 13.2. The van der Waals surface area contributed by atoms with Crippen molar-refractivity contribution < 1.29 is 22.4 Å². The zero-order chi connectivity index (χ0) is 27.0. The van der Waals surface area contributed by atoms with Gasteiger partial charge in [-0.05, 0) is 49.6 Å². The van der Waals surface area contributed by atoms with Crippen molar-refractivity contribution in [3.05, 3.63) is 64.9 Å². The van der Waals surface area contributed by atoms with Gasteiger partial charge in [0.2, 0.25) is 11.8 Å². The lowest BCUT2D eigenvalue weighted by Gasteiger charge is -2.34. The lowest BCUT2D eigenvalue weighted by atomic mass is 10.1. The first-order valence-corrected chi connectivity index (χ1v) is 13.5. The Kier molecular flexibility index (Phi) is 10.7. The third-order valence-corrected chi connectivity index (χ3v) is 7.85. The summed E-state index contributed by atoms with van der Waals surface area (Å²) >= 11 is 6.00. The van der Waals surface area contributed by atoms with Gasteiger partial charge in [-0.3, -0.25) is 9.59 Å². The summed E-state index contributed by atoms with van der Waals surface area (Å²) in [5.41, 5.74) is 0.443. The number of benzene rings is 2. The number of nitrogens with zero attached hydrogens (tertiary/aromatic N) is 3. The summed E-state index contributed by atoms with van der Waals surface area (Å²) in [5, 5.41) is 3.41. The maximum Gasteiger partial charge on any atom is 0.304 e. The molecule has 0 fully saturated rings. The zero-order valence-electron chi connectivity index (χ0n) is 21.2. The fraction of sp³-hybridized carbons (Fsp3) is 0.440. The van der Waals surface area contributed by atoms with Crippen molar-refractivity contribution in [2.24, 2.45) is 0 Å². The van der Waals surface area contributed by atoms with Crippen LogP contribution in [0.25, 0.3) is 0 Å². The first-order valence-electron chi connectivity index (χ1n) is 11.7. The van der Waals surface area contributed by atoms with E-state index >= 15 is 0 Å². The number of hydrogen-bond acceptors (Lipinski definition) is 4. The molecule has 198 valence electrons. The summed E-state index contributed by atoms with van der Waals surface area (Å²) in [5.74, 6) is -1.78. The average Bonchev–Trinajstić information content (AvgIpc) is 2.83. The van der Waals surface area contributed by atoms with Crippen molar-refractivity contribution in [2.75, 3.05) is 24.9 Å². The van der Waals surface area contributed by atoms with Gasteiger partial charge in [0.05, 0.1) is 5.69 Å². The van der Waals surface area contributed by atoms with Crippen molar-refractivity contribution in [2.45, 2.75) is 52.2 Å². The van der Waals surface area contributed by atoms with Crippen LogP contribution in [0.4, 0.5) is 10.1 Å². The molecule has 0 unspecified atom stereocenters. The third-order valence-electron chi connectivity index (χ3n) is 5.79. The molecule has 0 saturated heterocycles. The minimum atomic E-state index is -4.24. The van der Waals surface area contributed by atoms with Gasteiger partial charge in [-0.25, -0.2) is 8.70 Å². The first-order chi connectivity index (χ1) is 16.9. The van der Waals surface area contributed by atoms with Gasteiger partial charge in [0.15, 0.2) is 0 Å². The van der Waals surface area contributed by atoms with E-state index < -0.39 is 34.5 Å². The highest BCUT2D eigenvalue weighted by atomic mass is 35.5. The van der Waals surface area contributed by atoms with Crippen molar-refractivity contribution in [1.29, 1.82) is 0 Å². The van der Waals surface area contributed by atoms with Crippen molar-refractivity contribution in [3.63, 3.8) is 0 Å². The topological polar surface area (TPSA) is 90.0 Å². The van der Waals surface area contributed by atoms with Crippen LogP contribution in [0.1, 0.15) is 39.2 Å². The quantitative estimate of drug-likeness (QED) is 0.443. The summed E-state index contributed by atoms with van der Waals surface area (Å²) < 4.78 is 42.5. The van der Waals surface area contributed by atoms with Crippen LogP contribution in [0, 0.1) is 5.82 Å². The molecular weight excluding hydrogens is 507 g/mol. The molecule has 2 rings (SSSR count). The molecule has 0 spiro atoms. The van der Waals surface area contributed by atoms with Gasteiger partial charge in [-0.2, -0.15) is 12.7 Å². The fourth-order valence-electron chi connectivity index (χ4n) is 3.50. The lowest BCUT2D eigenvalue weighted by molar-refractivity contribution is -0.140. The van der Waals surface area contributed by atoms with Gasteiger partial charge in [-0.15, -0.1) is 0 Å². The largest absolute Gasteiger partial charge is 0.352 e. The number of amides is 2. The van der Waals surface area contributed by atoms with Gasteiger partial charge < -0.3 is 10.2 Å². The number of halogens is 2. The standard InChI is InChI=1S/C25H34ClFN4O4S/c1-6-18(3)28-25(33)22(7-2)30(16-19-12-14-20(26)15-13-19)24(32)17-31(36(34,35)29(4)5)23-11-9-8-10-21(23)27/h8-15,18,22H,6-7,16-17H2,1-5H3,(H,28,33)/t18-,22+/m0/s1. The van der Waals surface area contributed by atoms with E-state index in [1.165, 1.54) is 37.2 Å². The van der Waals surface area contributed by atoms with Crippen LogP contribution in [0.5, 0.6) is 0 Å². The smallest absolute Gasteiger partial charge is 0.304 e. The molecular formula is C25H34ClFN4O4S. The molecule has 2 atom stereocenters. The van der Waals surface area contributed by atoms with Gasteiger partial charge in [0.1, 0.15) is 18.4 Å². The highest BCUT2D eigenvalue weighted by molar-refractivity contribution is 7.90. The Morgan fingerprint density at radius 3 is 2.17 bits per heavy atom. The second-order valence-electron chi connectivity index (χ2n) is 8.64. The number of para-hydroxylation sites is 1. The van der Waals surface area contributed by atoms with E-state index in [9.17, 15) is 22.4 Å². The molecule has 0 heterocycles.